The number of pyridine rings is 1. The van der Waals surface area contributed by atoms with Gasteiger partial charge in [0.2, 0.25) is 10.0 Å². The largest absolute Gasteiger partial charge is 0.465 e. The molecule has 0 aromatic carbocycles. The highest BCUT2D eigenvalue weighted by Crippen LogP contribution is 2.39. The van der Waals surface area contributed by atoms with Crippen molar-refractivity contribution in [1.29, 1.82) is 0 Å². The second-order valence-electron chi connectivity index (χ2n) is 7.19. The second kappa shape index (κ2) is 7.76. The molecule has 2 aromatic rings. The molecule has 8 nitrogen and oxygen atoms in total. The fraction of sp³-hybridized carbons (Fsp3) is 0.500. The number of carbonyl (C=O) groups is 1. The summed E-state index contributed by atoms with van der Waals surface area (Å²) in [6.07, 6.45) is 7.99. The molecule has 10 heteroatoms. The van der Waals surface area contributed by atoms with Crippen molar-refractivity contribution in [2.75, 3.05) is 13.1 Å². The maximum atomic E-state index is 12.9. The van der Waals surface area contributed by atoms with E-state index in [0.717, 1.165) is 42.0 Å². The molecule has 2 aliphatic rings. The van der Waals surface area contributed by atoms with Gasteiger partial charge in [0.1, 0.15) is 4.90 Å². The molecule has 150 valence electrons. The molecular weight excluding hydrogens is 400 g/mol. The lowest BCUT2D eigenvalue weighted by molar-refractivity contribution is 0.185. The van der Waals surface area contributed by atoms with Gasteiger partial charge in [-0.25, -0.2) is 18.2 Å². The summed E-state index contributed by atoms with van der Waals surface area (Å²) in [5.41, 5.74) is 0.645. The van der Waals surface area contributed by atoms with Crippen LogP contribution in [0.2, 0.25) is 0 Å². The van der Waals surface area contributed by atoms with Crippen molar-refractivity contribution in [3.63, 3.8) is 0 Å². The molecule has 0 unspecified atom stereocenters. The number of hydrogen-bond acceptors (Lipinski definition) is 6. The van der Waals surface area contributed by atoms with Gasteiger partial charge in [-0.3, -0.25) is 4.98 Å². The number of hydrogen-bond donors (Lipinski definition) is 2. The van der Waals surface area contributed by atoms with Crippen molar-refractivity contribution in [3.05, 3.63) is 29.7 Å². The molecule has 0 radical (unpaired) electrons. The number of sulfonamides is 1. The average molecular weight is 423 g/mol. The third-order valence-electron chi connectivity index (χ3n) is 5.41. The summed E-state index contributed by atoms with van der Waals surface area (Å²) >= 11 is 1.52. The minimum Gasteiger partial charge on any atom is -0.465 e. The fourth-order valence-corrected chi connectivity index (χ4v) is 6.57. The highest BCUT2D eigenvalue weighted by molar-refractivity contribution is 7.89. The quantitative estimate of drug-likeness (QED) is 0.766. The molecule has 1 saturated heterocycles. The first-order chi connectivity index (χ1) is 13.4. The first kappa shape index (κ1) is 19.3. The van der Waals surface area contributed by atoms with Gasteiger partial charge < -0.3 is 10.4 Å². The first-order valence-electron chi connectivity index (χ1n) is 9.35. The monoisotopic (exact) mass is 422 g/mol. The van der Waals surface area contributed by atoms with Crippen LogP contribution in [-0.2, 0) is 10.0 Å². The van der Waals surface area contributed by atoms with Gasteiger partial charge in [0.05, 0.1) is 9.88 Å². The third kappa shape index (κ3) is 3.76. The van der Waals surface area contributed by atoms with E-state index >= 15 is 0 Å². The Labute approximate surface area is 167 Å². The number of rotatable bonds is 5. The van der Waals surface area contributed by atoms with Crippen LogP contribution in [0.15, 0.2) is 29.6 Å². The maximum absolute atomic E-state index is 12.9. The predicted octanol–water partition coefficient (Wildman–Crippen LogP) is 2.89. The molecule has 4 rings (SSSR count). The lowest BCUT2D eigenvalue weighted by atomic mass is 9.86. The molecule has 3 heterocycles. The topological polar surface area (TPSA) is 112 Å². The Morgan fingerprint density at radius 1 is 1.21 bits per heavy atom. The normalized spacial score (nSPS) is 23.1. The Bertz CT molecular complexity index is 963. The number of carboxylic acid groups (broad SMARTS) is 1. The molecule has 2 aromatic heterocycles. The van der Waals surface area contributed by atoms with Crippen molar-refractivity contribution in [1.82, 2.24) is 19.6 Å². The third-order valence-corrected chi connectivity index (χ3v) is 8.53. The molecule has 0 bridgehead atoms. The zero-order valence-corrected chi connectivity index (χ0v) is 16.9. The van der Waals surface area contributed by atoms with Crippen LogP contribution >= 0.6 is 11.3 Å². The van der Waals surface area contributed by atoms with Crippen molar-refractivity contribution in [2.45, 2.75) is 49.0 Å². The molecule has 1 saturated carbocycles. The molecule has 0 atom stereocenters. The molecular formula is C18H22N4O4S2. The van der Waals surface area contributed by atoms with Crippen LogP contribution in [-0.4, -0.2) is 53.0 Å². The van der Waals surface area contributed by atoms with E-state index in [0.29, 0.717) is 18.7 Å². The highest BCUT2D eigenvalue weighted by Gasteiger charge is 2.32. The predicted molar refractivity (Wildman–Crippen MR) is 105 cm³/mol. The Morgan fingerprint density at radius 3 is 2.61 bits per heavy atom. The molecule has 0 spiro atoms. The summed E-state index contributed by atoms with van der Waals surface area (Å²) in [6, 6.07) is 1.74. The molecule has 1 aliphatic carbocycles. The number of amides is 1. The van der Waals surface area contributed by atoms with E-state index in [9.17, 15) is 13.2 Å². The summed E-state index contributed by atoms with van der Waals surface area (Å²) in [7, 11) is -3.53. The van der Waals surface area contributed by atoms with E-state index in [2.05, 4.69) is 15.3 Å². The van der Waals surface area contributed by atoms with Crippen molar-refractivity contribution >= 4 is 27.5 Å². The van der Waals surface area contributed by atoms with E-state index in [-0.39, 0.29) is 16.9 Å². The molecule has 2 fully saturated rings. The summed E-state index contributed by atoms with van der Waals surface area (Å²) < 4.78 is 27.2. The van der Waals surface area contributed by atoms with E-state index in [4.69, 9.17) is 5.11 Å². The van der Waals surface area contributed by atoms with E-state index in [1.54, 1.807) is 18.5 Å². The Kier molecular flexibility index (Phi) is 5.35. The van der Waals surface area contributed by atoms with E-state index in [1.165, 1.54) is 21.8 Å². The van der Waals surface area contributed by atoms with Crippen LogP contribution in [0.5, 0.6) is 0 Å². The van der Waals surface area contributed by atoms with Crippen LogP contribution < -0.4 is 5.32 Å². The fourth-order valence-electron chi connectivity index (χ4n) is 3.72. The van der Waals surface area contributed by atoms with Gasteiger partial charge in [0.15, 0.2) is 0 Å². The summed E-state index contributed by atoms with van der Waals surface area (Å²) in [5.74, 6) is 0.280. The van der Waals surface area contributed by atoms with E-state index in [1.807, 2.05) is 0 Å². The van der Waals surface area contributed by atoms with Crippen molar-refractivity contribution < 1.29 is 18.3 Å². The van der Waals surface area contributed by atoms with Crippen LogP contribution in [0, 0.1) is 0 Å². The first-order valence-corrected chi connectivity index (χ1v) is 11.6. The Hall–Kier alpha value is -2.04. The smallest absolute Gasteiger partial charge is 0.404 e. The van der Waals surface area contributed by atoms with Crippen LogP contribution in [0.25, 0.3) is 10.4 Å². The van der Waals surface area contributed by atoms with E-state index < -0.39 is 16.1 Å². The van der Waals surface area contributed by atoms with Gasteiger partial charge in [0.25, 0.3) is 0 Å². The summed E-state index contributed by atoms with van der Waals surface area (Å²) in [6.45, 7) is 1.11. The number of aromatic nitrogens is 2. The van der Waals surface area contributed by atoms with Crippen LogP contribution in [0.1, 0.15) is 43.0 Å². The van der Waals surface area contributed by atoms with Gasteiger partial charge in [-0.05, 0) is 38.2 Å². The number of thiazole rings is 1. The van der Waals surface area contributed by atoms with Gasteiger partial charge >= 0.3 is 6.09 Å². The minimum atomic E-state index is -3.53. The number of nitrogens with zero attached hydrogens (tertiary/aromatic N) is 3. The minimum absolute atomic E-state index is 0.00153. The van der Waals surface area contributed by atoms with Gasteiger partial charge in [-0.15, -0.1) is 11.3 Å². The standard InChI is InChI=1S/C18H22N4O4S2/c23-18(24)21-13-4-2-12(3-5-13)17-20-10-15(27-17)14-6-7-19-11-16(14)28(25,26)22-8-1-9-22/h6-7,10-13,21H,1-5,8-9H2,(H,23,24)/t12-,13-. The Balaban J connectivity index is 1.54. The maximum Gasteiger partial charge on any atom is 0.404 e. The highest BCUT2D eigenvalue weighted by atomic mass is 32.2. The lowest BCUT2D eigenvalue weighted by Gasteiger charge is -2.30. The van der Waals surface area contributed by atoms with Crippen LogP contribution in [0.3, 0.4) is 0 Å². The van der Waals surface area contributed by atoms with Gasteiger partial charge in [-0.2, -0.15) is 4.31 Å². The van der Waals surface area contributed by atoms with Crippen LogP contribution in [0.4, 0.5) is 4.79 Å². The average Bonchev–Trinajstić information content (AvgIpc) is 3.10. The second-order valence-corrected chi connectivity index (χ2v) is 10.2. The summed E-state index contributed by atoms with van der Waals surface area (Å²) in [5, 5.41) is 12.4. The lowest BCUT2D eigenvalue weighted by Crippen LogP contribution is -2.42. The van der Waals surface area contributed by atoms with Gasteiger partial charge in [0, 0.05) is 49.2 Å². The zero-order chi connectivity index (χ0) is 19.7. The summed E-state index contributed by atoms with van der Waals surface area (Å²) in [4.78, 5) is 20.4. The Morgan fingerprint density at radius 2 is 1.96 bits per heavy atom. The molecule has 1 aliphatic heterocycles. The van der Waals surface area contributed by atoms with Gasteiger partial charge in [-0.1, -0.05) is 0 Å². The van der Waals surface area contributed by atoms with Crippen molar-refractivity contribution in [3.8, 4) is 10.4 Å². The number of nitrogens with one attached hydrogen (secondary N) is 1. The molecule has 28 heavy (non-hydrogen) atoms. The molecule has 2 N–H and O–H groups in total. The van der Waals surface area contributed by atoms with Crippen molar-refractivity contribution in [2.24, 2.45) is 0 Å². The SMILES string of the molecule is O=C(O)N[C@H]1CC[C@H](c2ncc(-c3ccncc3S(=O)(=O)N3CCC3)s2)CC1. The zero-order valence-electron chi connectivity index (χ0n) is 15.2. The molecule has 1 amide bonds.